The average molecular weight is 580 g/mol. The molecule has 1 aliphatic heterocycles. The summed E-state index contributed by atoms with van der Waals surface area (Å²) in [6.45, 7) is 0. The maximum absolute atomic E-state index is 14.6. The molecule has 0 radical (unpaired) electrons. The smallest absolute Gasteiger partial charge is 0.411 e. The second-order valence-electron chi connectivity index (χ2n) is 10.2. The van der Waals surface area contributed by atoms with E-state index in [2.05, 4.69) is 25.3 Å². The number of methoxy groups -OCH3 is 1. The molecule has 1 saturated carbocycles. The van der Waals surface area contributed by atoms with Crippen LogP contribution in [0.3, 0.4) is 0 Å². The lowest BCUT2D eigenvalue weighted by Gasteiger charge is -2.17. The van der Waals surface area contributed by atoms with Crippen molar-refractivity contribution in [3.63, 3.8) is 0 Å². The first-order valence-electron chi connectivity index (χ1n) is 12.9. The number of hydrogen-bond donors (Lipinski definition) is 3. The Balaban J connectivity index is 1.40. The Morgan fingerprint density at radius 3 is 2.78 bits per heavy atom. The predicted molar refractivity (Wildman–Crippen MR) is 147 cm³/mol. The van der Waals surface area contributed by atoms with Gasteiger partial charge < -0.3 is 20.2 Å². The normalized spacial score (nSPS) is 19.6. The van der Waals surface area contributed by atoms with Crippen molar-refractivity contribution in [2.24, 2.45) is 11.8 Å². The zero-order valence-electron chi connectivity index (χ0n) is 21.7. The van der Waals surface area contributed by atoms with E-state index in [0.29, 0.717) is 51.7 Å². The van der Waals surface area contributed by atoms with E-state index in [1.165, 1.54) is 13.2 Å². The van der Waals surface area contributed by atoms with Crippen LogP contribution in [0.15, 0.2) is 54.9 Å². The molecule has 41 heavy (non-hydrogen) atoms. The van der Waals surface area contributed by atoms with Crippen molar-refractivity contribution in [2.75, 3.05) is 17.7 Å². The Morgan fingerprint density at radius 1 is 1.17 bits per heavy atom. The van der Waals surface area contributed by atoms with Gasteiger partial charge >= 0.3 is 6.09 Å². The third-order valence-electron chi connectivity index (χ3n) is 7.63. The molecule has 6 rings (SSSR count). The van der Waals surface area contributed by atoms with Gasteiger partial charge in [-0.05, 0) is 61.1 Å². The highest BCUT2D eigenvalue weighted by Gasteiger charge is 2.42. The number of carbonyl (C=O) groups is 2. The molecule has 2 aromatic heterocycles. The van der Waals surface area contributed by atoms with Gasteiger partial charge in [0.15, 0.2) is 12.0 Å². The standard InChI is InChI=1S/C29H24ClF2N5O4/c1-41-29(39)34-17-3-4-18-22(11-17)35-25(38)10-16-8-15(16)9-19(28-33-12-23(18)36-28)24-7-2-14(13-37(24)40)26-21(31)6-5-20(30)27(26)32/h2-7,11-13,15-16,19H,8-10H2,1H3,(H,33,36)(H,34,39)(H,35,38). The summed E-state index contributed by atoms with van der Waals surface area (Å²) in [6.07, 6.45) is 3.77. The molecule has 3 unspecified atom stereocenters. The minimum atomic E-state index is -0.941. The molecule has 4 aromatic rings. The number of imidazole rings is 1. The summed E-state index contributed by atoms with van der Waals surface area (Å²) in [4.78, 5) is 32.5. The van der Waals surface area contributed by atoms with Crippen LogP contribution in [-0.2, 0) is 9.53 Å². The quantitative estimate of drug-likeness (QED) is 0.156. The van der Waals surface area contributed by atoms with Crippen molar-refractivity contribution < 1.29 is 27.8 Å². The number of aromatic amines is 1. The van der Waals surface area contributed by atoms with E-state index in [1.807, 2.05) is 0 Å². The van der Waals surface area contributed by atoms with E-state index in [9.17, 15) is 23.6 Å². The number of benzene rings is 2. The summed E-state index contributed by atoms with van der Waals surface area (Å²) in [5.74, 6) is -1.57. The number of halogens is 3. The fourth-order valence-corrected chi connectivity index (χ4v) is 5.60. The van der Waals surface area contributed by atoms with E-state index in [0.717, 1.165) is 24.8 Å². The van der Waals surface area contributed by atoms with Crippen LogP contribution in [0.4, 0.5) is 25.0 Å². The van der Waals surface area contributed by atoms with Gasteiger partial charge in [-0.25, -0.2) is 18.6 Å². The summed E-state index contributed by atoms with van der Waals surface area (Å²) in [6, 6.07) is 10.2. The second kappa shape index (κ2) is 10.5. The van der Waals surface area contributed by atoms with Gasteiger partial charge in [-0.1, -0.05) is 11.6 Å². The topological polar surface area (TPSA) is 123 Å². The third kappa shape index (κ3) is 5.20. The largest absolute Gasteiger partial charge is 0.618 e. The van der Waals surface area contributed by atoms with Crippen LogP contribution in [0.2, 0.25) is 5.02 Å². The summed E-state index contributed by atoms with van der Waals surface area (Å²) in [7, 11) is 1.26. The van der Waals surface area contributed by atoms with Crippen LogP contribution in [0.25, 0.3) is 22.4 Å². The van der Waals surface area contributed by atoms with Gasteiger partial charge in [-0.2, -0.15) is 4.73 Å². The van der Waals surface area contributed by atoms with Crippen molar-refractivity contribution in [2.45, 2.75) is 25.2 Å². The van der Waals surface area contributed by atoms with E-state index in [4.69, 9.17) is 11.6 Å². The SMILES string of the molecule is COC(=O)Nc1ccc2c(c1)NC(=O)CC1CC1CC(c1ccc(-c3c(F)ccc(Cl)c3F)c[n+]1[O-])c1ncc-2[nH]1. The minimum Gasteiger partial charge on any atom is -0.618 e. The molecule has 9 nitrogen and oxygen atoms in total. The third-order valence-corrected chi connectivity index (χ3v) is 7.92. The molecule has 2 aromatic carbocycles. The van der Waals surface area contributed by atoms with Crippen molar-refractivity contribution in [3.8, 4) is 22.4 Å². The second-order valence-corrected chi connectivity index (χ2v) is 10.6. The Hall–Kier alpha value is -4.51. The van der Waals surface area contributed by atoms with Crippen LogP contribution >= 0.6 is 11.6 Å². The monoisotopic (exact) mass is 579 g/mol. The number of H-pyrrole nitrogens is 1. The van der Waals surface area contributed by atoms with Crippen LogP contribution in [-0.4, -0.2) is 29.1 Å². The molecule has 2 bridgehead atoms. The maximum Gasteiger partial charge on any atom is 0.411 e. The highest BCUT2D eigenvalue weighted by molar-refractivity contribution is 6.31. The van der Waals surface area contributed by atoms with Crippen molar-refractivity contribution in [1.82, 2.24) is 9.97 Å². The summed E-state index contributed by atoms with van der Waals surface area (Å²) in [5, 5.41) is 18.6. The number of aromatic nitrogens is 3. The molecule has 1 aliphatic carbocycles. The summed E-state index contributed by atoms with van der Waals surface area (Å²) in [5.41, 5.74) is 2.17. The lowest BCUT2D eigenvalue weighted by Crippen LogP contribution is -2.34. The first-order chi connectivity index (χ1) is 19.7. The molecule has 210 valence electrons. The van der Waals surface area contributed by atoms with Gasteiger partial charge in [-0.15, -0.1) is 0 Å². The van der Waals surface area contributed by atoms with Gasteiger partial charge in [0.25, 0.3) is 0 Å². The predicted octanol–water partition coefficient (Wildman–Crippen LogP) is 5.99. The number of carbonyl (C=O) groups excluding carboxylic acids is 2. The number of amides is 2. The number of pyridine rings is 1. The van der Waals surface area contributed by atoms with Gasteiger partial charge in [0, 0.05) is 23.7 Å². The number of ether oxygens (including phenoxy) is 1. The van der Waals surface area contributed by atoms with Gasteiger partial charge in [-0.3, -0.25) is 10.1 Å². The number of nitrogens with zero attached hydrogens (tertiary/aromatic N) is 2. The molecule has 0 spiro atoms. The number of nitrogens with one attached hydrogen (secondary N) is 3. The van der Waals surface area contributed by atoms with E-state index >= 15 is 0 Å². The highest BCUT2D eigenvalue weighted by atomic mass is 35.5. The number of fused-ring (bicyclic) bond motifs is 5. The Morgan fingerprint density at radius 2 is 2.00 bits per heavy atom. The fourth-order valence-electron chi connectivity index (χ4n) is 5.45. The van der Waals surface area contributed by atoms with Crippen LogP contribution < -0.4 is 15.4 Å². The fraction of sp³-hybridized carbons (Fsp3) is 0.241. The first-order valence-corrected chi connectivity index (χ1v) is 13.3. The Labute approximate surface area is 238 Å². The average Bonchev–Trinajstić information content (AvgIpc) is 3.47. The zero-order chi connectivity index (χ0) is 28.8. The van der Waals surface area contributed by atoms with Crippen LogP contribution in [0, 0.1) is 28.7 Å². The summed E-state index contributed by atoms with van der Waals surface area (Å²) < 4.78 is 34.4. The zero-order valence-corrected chi connectivity index (χ0v) is 22.5. The van der Waals surface area contributed by atoms with Crippen LogP contribution in [0.1, 0.15) is 36.7 Å². The van der Waals surface area contributed by atoms with E-state index < -0.39 is 23.6 Å². The Kier molecular flexibility index (Phi) is 6.82. The molecule has 2 aliphatic rings. The Bertz CT molecular complexity index is 1690. The molecule has 3 N–H and O–H groups in total. The summed E-state index contributed by atoms with van der Waals surface area (Å²) >= 11 is 5.85. The molecule has 0 saturated heterocycles. The molecule has 3 atom stereocenters. The van der Waals surface area contributed by atoms with Gasteiger partial charge in [0.2, 0.25) is 11.6 Å². The van der Waals surface area contributed by atoms with E-state index in [1.54, 1.807) is 30.5 Å². The molecular formula is C29H24ClF2N5O4. The van der Waals surface area contributed by atoms with Gasteiger partial charge in [0.05, 0.1) is 40.8 Å². The van der Waals surface area contributed by atoms with Crippen molar-refractivity contribution in [1.29, 1.82) is 0 Å². The molecule has 3 heterocycles. The van der Waals surface area contributed by atoms with Gasteiger partial charge in [0.1, 0.15) is 17.6 Å². The highest BCUT2D eigenvalue weighted by Crippen LogP contribution is 2.49. The molecule has 2 amide bonds. The number of hydrogen-bond acceptors (Lipinski definition) is 5. The molecular weight excluding hydrogens is 556 g/mol. The lowest BCUT2D eigenvalue weighted by molar-refractivity contribution is -0.614. The van der Waals surface area contributed by atoms with Crippen LogP contribution in [0.5, 0.6) is 0 Å². The molecule has 1 fully saturated rings. The number of anilines is 2. The minimum absolute atomic E-state index is 0.0563. The van der Waals surface area contributed by atoms with Crippen molar-refractivity contribution >= 4 is 35.0 Å². The van der Waals surface area contributed by atoms with Crippen molar-refractivity contribution in [3.05, 3.63) is 88.2 Å². The lowest BCUT2D eigenvalue weighted by atomic mass is 9.94. The number of rotatable bonds is 3. The van der Waals surface area contributed by atoms with E-state index in [-0.39, 0.29) is 33.9 Å². The maximum atomic E-state index is 14.6. The molecule has 12 heteroatoms. The first kappa shape index (κ1) is 26.7.